The smallest absolute Gasteiger partial charge is 0.129 e. The summed E-state index contributed by atoms with van der Waals surface area (Å²) in [4.78, 5) is 0. The molecule has 88 valence electrons. The second-order valence-electron chi connectivity index (χ2n) is 4.77. The van der Waals surface area contributed by atoms with Gasteiger partial charge in [-0.05, 0) is 29.9 Å². The minimum Gasteiger partial charge on any atom is -0.316 e. The van der Waals surface area contributed by atoms with Crippen LogP contribution in [0, 0.1) is 17.0 Å². The highest BCUT2D eigenvalue weighted by molar-refractivity contribution is 5.21. The molecule has 0 saturated carbocycles. The van der Waals surface area contributed by atoms with Gasteiger partial charge >= 0.3 is 0 Å². The summed E-state index contributed by atoms with van der Waals surface area (Å²) in [5, 5.41) is 3.24. The monoisotopic (exact) mass is 225 g/mol. The zero-order valence-electron chi connectivity index (χ0n) is 9.52. The number of benzene rings is 1. The Balaban J connectivity index is 2.13. The van der Waals surface area contributed by atoms with Gasteiger partial charge in [0.05, 0.1) is 0 Å². The molecule has 0 aromatic heterocycles. The Hall–Kier alpha value is -0.960. The molecule has 1 aromatic rings. The van der Waals surface area contributed by atoms with Crippen molar-refractivity contribution in [1.29, 1.82) is 0 Å². The Kier molecular flexibility index (Phi) is 3.24. The Morgan fingerprint density at radius 2 is 2.06 bits per heavy atom. The largest absolute Gasteiger partial charge is 0.316 e. The number of rotatable bonds is 4. The lowest BCUT2D eigenvalue weighted by Gasteiger charge is -2.43. The molecule has 0 radical (unpaired) electrons. The van der Waals surface area contributed by atoms with Crippen LogP contribution in [-0.2, 0) is 6.42 Å². The predicted molar refractivity (Wildman–Crippen MR) is 60.3 cm³/mol. The van der Waals surface area contributed by atoms with Crippen LogP contribution in [0.2, 0.25) is 0 Å². The molecule has 0 unspecified atom stereocenters. The summed E-state index contributed by atoms with van der Waals surface area (Å²) in [6.45, 7) is 4.02. The average Bonchev–Trinajstić information content (AvgIpc) is 2.18. The van der Waals surface area contributed by atoms with Crippen LogP contribution in [0.1, 0.15) is 25.3 Å². The summed E-state index contributed by atoms with van der Waals surface area (Å²) in [6, 6.07) is 3.88. The van der Waals surface area contributed by atoms with Crippen molar-refractivity contribution < 1.29 is 8.78 Å². The molecule has 0 amide bonds. The minimum atomic E-state index is -0.502. The van der Waals surface area contributed by atoms with Crippen LogP contribution in [0.15, 0.2) is 18.2 Å². The Bertz CT molecular complexity index is 372. The van der Waals surface area contributed by atoms with E-state index in [1.54, 1.807) is 6.07 Å². The third-order valence-corrected chi connectivity index (χ3v) is 3.36. The molecular weight excluding hydrogens is 208 g/mol. The number of halogens is 2. The second-order valence-corrected chi connectivity index (χ2v) is 4.77. The zero-order chi connectivity index (χ0) is 11.6. The molecule has 1 aliphatic rings. The van der Waals surface area contributed by atoms with E-state index in [0.29, 0.717) is 12.0 Å². The highest BCUT2D eigenvalue weighted by Gasteiger charge is 2.36. The molecule has 1 heterocycles. The maximum atomic E-state index is 13.5. The van der Waals surface area contributed by atoms with E-state index in [1.165, 1.54) is 6.07 Å². The van der Waals surface area contributed by atoms with E-state index in [-0.39, 0.29) is 5.41 Å². The van der Waals surface area contributed by atoms with E-state index in [2.05, 4.69) is 12.2 Å². The lowest BCUT2D eigenvalue weighted by Crippen LogP contribution is -2.54. The number of nitrogens with one attached hydrogen (secondary N) is 1. The fraction of sp³-hybridized carbons (Fsp3) is 0.538. The molecule has 1 saturated heterocycles. The highest BCUT2D eigenvalue weighted by atomic mass is 19.1. The van der Waals surface area contributed by atoms with Gasteiger partial charge in [-0.3, -0.25) is 0 Å². The molecule has 0 bridgehead atoms. The van der Waals surface area contributed by atoms with Crippen LogP contribution >= 0.6 is 0 Å². The molecular formula is C13H17F2N. The predicted octanol–water partition coefficient (Wildman–Crippen LogP) is 2.90. The molecule has 1 aliphatic heterocycles. The van der Waals surface area contributed by atoms with E-state index in [9.17, 15) is 8.78 Å². The van der Waals surface area contributed by atoms with Gasteiger partial charge in [0, 0.05) is 19.2 Å². The van der Waals surface area contributed by atoms with Gasteiger partial charge in [-0.25, -0.2) is 8.78 Å². The summed E-state index contributed by atoms with van der Waals surface area (Å²) in [6.07, 6.45) is 2.90. The second kappa shape index (κ2) is 4.50. The van der Waals surface area contributed by atoms with E-state index in [0.717, 1.165) is 32.0 Å². The van der Waals surface area contributed by atoms with Crippen molar-refractivity contribution >= 4 is 0 Å². The van der Waals surface area contributed by atoms with Crippen LogP contribution in [0.3, 0.4) is 0 Å². The van der Waals surface area contributed by atoms with Crippen molar-refractivity contribution in [1.82, 2.24) is 5.32 Å². The summed E-state index contributed by atoms with van der Waals surface area (Å²) in [5.74, 6) is -0.917. The van der Waals surface area contributed by atoms with Gasteiger partial charge in [0.2, 0.25) is 0 Å². The van der Waals surface area contributed by atoms with Gasteiger partial charge in [0.15, 0.2) is 0 Å². The van der Waals surface area contributed by atoms with Crippen LogP contribution < -0.4 is 5.32 Å². The van der Waals surface area contributed by atoms with E-state index < -0.39 is 11.6 Å². The number of hydrogen-bond acceptors (Lipinski definition) is 1. The Morgan fingerprint density at radius 3 is 2.56 bits per heavy atom. The topological polar surface area (TPSA) is 12.0 Å². The Morgan fingerprint density at radius 1 is 1.31 bits per heavy atom. The van der Waals surface area contributed by atoms with Gasteiger partial charge in [0.1, 0.15) is 11.6 Å². The third kappa shape index (κ3) is 2.24. The summed E-state index contributed by atoms with van der Waals surface area (Å²) >= 11 is 0. The van der Waals surface area contributed by atoms with Gasteiger partial charge < -0.3 is 5.32 Å². The summed E-state index contributed by atoms with van der Waals surface area (Å²) in [7, 11) is 0. The normalized spacial score (nSPS) is 18.2. The molecule has 0 atom stereocenters. The van der Waals surface area contributed by atoms with Crippen LogP contribution in [0.5, 0.6) is 0 Å². The van der Waals surface area contributed by atoms with Gasteiger partial charge in [-0.2, -0.15) is 0 Å². The van der Waals surface area contributed by atoms with E-state index in [1.807, 2.05) is 0 Å². The van der Waals surface area contributed by atoms with Gasteiger partial charge in [-0.15, -0.1) is 0 Å². The molecule has 1 fully saturated rings. The van der Waals surface area contributed by atoms with Crippen LogP contribution in [0.25, 0.3) is 0 Å². The molecule has 1 nitrogen and oxygen atoms in total. The van der Waals surface area contributed by atoms with Crippen molar-refractivity contribution in [3.05, 3.63) is 35.4 Å². The van der Waals surface area contributed by atoms with E-state index in [4.69, 9.17) is 0 Å². The average molecular weight is 225 g/mol. The first kappa shape index (κ1) is 11.5. The van der Waals surface area contributed by atoms with Crippen molar-refractivity contribution in [3.8, 4) is 0 Å². The Labute approximate surface area is 94.9 Å². The molecule has 2 rings (SSSR count). The van der Waals surface area contributed by atoms with Crippen molar-refractivity contribution in [3.63, 3.8) is 0 Å². The maximum Gasteiger partial charge on any atom is 0.129 e. The lowest BCUT2D eigenvalue weighted by atomic mass is 9.73. The first-order chi connectivity index (χ1) is 7.65. The molecule has 1 aromatic carbocycles. The van der Waals surface area contributed by atoms with Gasteiger partial charge in [0.25, 0.3) is 0 Å². The van der Waals surface area contributed by atoms with Crippen molar-refractivity contribution in [2.75, 3.05) is 13.1 Å². The fourth-order valence-corrected chi connectivity index (χ4v) is 2.47. The van der Waals surface area contributed by atoms with Crippen LogP contribution in [0.4, 0.5) is 8.78 Å². The standard InChI is InChI=1S/C13H17F2N/c1-2-5-13(8-16-9-13)7-10-3-4-11(14)6-12(10)15/h3-4,6,16H,2,5,7-9H2,1H3. The third-order valence-electron chi connectivity index (χ3n) is 3.36. The summed E-state index contributed by atoms with van der Waals surface area (Å²) in [5.41, 5.74) is 0.823. The molecule has 16 heavy (non-hydrogen) atoms. The maximum absolute atomic E-state index is 13.5. The van der Waals surface area contributed by atoms with Crippen LogP contribution in [-0.4, -0.2) is 13.1 Å². The van der Waals surface area contributed by atoms with Gasteiger partial charge in [-0.1, -0.05) is 19.4 Å². The number of hydrogen-bond donors (Lipinski definition) is 1. The fourth-order valence-electron chi connectivity index (χ4n) is 2.47. The zero-order valence-corrected chi connectivity index (χ0v) is 9.52. The molecule has 0 spiro atoms. The minimum absolute atomic E-state index is 0.188. The molecule has 3 heteroatoms. The summed E-state index contributed by atoms with van der Waals surface area (Å²) < 4.78 is 26.3. The lowest BCUT2D eigenvalue weighted by molar-refractivity contribution is 0.149. The molecule has 1 N–H and O–H groups in total. The SMILES string of the molecule is CCCC1(Cc2ccc(F)cc2F)CNC1. The quantitative estimate of drug-likeness (QED) is 0.830. The molecule has 0 aliphatic carbocycles. The van der Waals surface area contributed by atoms with Crippen molar-refractivity contribution in [2.24, 2.45) is 5.41 Å². The first-order valence-electron chi connectivity index (χ1n) is 5.80. The highest BCUT2D eigenvalue weighted by Crippen LogP contribution is 2.33. The van der Waals surface area contributed by atoms with E-state index >= 15 is 0 Å². The van der Waals surface area contributed by atoms with Crippen molar-refractivity contribution in [2.45, 2.75) is 26.2 Å². The first-order valence-corrected chi connectivity index (χ1v) is 5.80.